The third kappa shape index (κ3) is 2.72. The zero-order valence-corrected chi connectivity index (χ0v) is 11.5. The summed E-state index contributed by atoms with van der Waals surface area (Å²) >= 11 is 0. The van der Waals surface area contributed by atoms with Crippen LogP contribution < -0.4 is 0 Å². The molecule has 0 N–H and O–H groups in total. The highest BCUT2D eigenvalue weighted by atomic mass is 16.1. The van der Waals surface area contributed by atoms with Gasteiger partial charge in [-0.25, -0.2) is 0 Å². The predicted octanol–water partition coefficient (Wildman–Crippen LogP) is 4.61. The molecule has 2 aromatic rings. The van der Waals surface area contributed by atoms with Gasteiger partial charge in [0.15, 0.2) is 5.78 Å². The Bertz CT molecular complexity index is 611. The van der Waals surface area contributed by atoms with Gasteiger partial charge in [0.05, 0.1) is 0 Å². The Morgan fingerprint density at radius 3 is 2.25 bits per heavy atom. The number of hydrogen-bond donors (Lipinski definition) is 0. The number of allylic oxidation sites excluding steroid dienone is 1. The second kappa shape index (κ2) is 5.87. The number of rotatable bonds is 2. The second-order valence-corrected chi connectivity index (χ2v) is 5.30. The van der Waals surface area contributed by atoms with Crippen LogP contribution in [-0.4, -0.2) is 5.78 Å². The van der Waals surface area contributed by atoms with Crippen molar-refractivity contribution in [3.8, 4) is 0 Å². The minimum Gasteiger partial charge on any atom is -0.294 e. The molecular weight excluding hydrogens is 244 g/mol. The first-order chi connectivity index (χ1) is 9.84. The summed E-state index contributed by atoms with van der Waals surface area (Å²) < 4.78 is 0. The van der Waals surface area contributed by atoms with E-state index in [-0.39, 0.29) is 5.92 Å². The van der Waals surface area contributed by atoms with Gasteiger partial charge in [-0.3, -0.25) is 4.79 Å². The molecule has 1 aliphatic rings. The van der Waals surface area contributed by atoms with Gasteiger partial charge in [0.2, 0.25) is 0 Å². The monoisotopic (exact) mass is 262 g/mol. The lowest BCUT2D eigenvalue weighted by molar-refractivity contribution is -0.117. The van der Waals surface area contributed by atoms with Crippen molar-refractivity contribution >= 4 is 11.9 Å². The van der Waals surface area contributed by atoms with Gasteiger partial charge >= 0.3 is 0 Å². The fourth-order valence-electron chi connectivity index (χ4n) is 2.87. The van der Waals surface area contributed by atoms with Crippen LogP contribution in [0.1, 0.15) is 36.3 Å². The Balaban J connectivity index is 1.88. The number of benzene rings is 2. The SMILES string of the molecule is O=C1/C(=C/c2ccccc2)CCCC1c1ccccc1. The molecule has 0 aromatic heterocycles. The van der Waals surface area contributed by atoms with E-state index in [1.165, 1.54) is 0 Å². The summed E-state index contributed by atoms with van der Waals surface area (Å²) in [4.78, 5) is 12.7. The smallest absolute Gasteiger partial charge is 0.166 e. The Labute approximate surface area is 120 Å². The number of ketones is 1. The highest BCUT2D eigenvalue weighted by Gasteiger charge is 2.27. The lowest BCUT2D eigenvalue weighted by atomic mass is 9.79. The Hall–Kier alpha value is -2.15. The van der Waals surface area contributed by atoms with Gasteiger partial charge in [-0.15, -0.1) is 0 Å². The van der Waals surface area contributed by atoms with Gasteiger partial charge in [-0.2, -0.15) is 0 Å². The van der Waals surface area contributed by atoms with E-state index in [2.05, 4.69) is 18.2 Å². The van der Waals surface area contributed by atoms with E-state index in [1.54, 1.807) is 0 Å². The van der Waals surface area contributed by atoms with Crippen molar-refractivity contribution in [2.24, 2.45) is 0 Å². The van der Waals surface area contributed by atoms with Crippen LogP contribution in [0.4, 0.5) is 0 Å². The van der Waals surface area contributed by atoms with Crippen molar-refractivity contribution in [1.29, 1.82) is 0 Å². The Morgan fingerprint density at radius 2 is 1.55 bits per heavy atom. The molecule has 0 aliphatic heterocycles. The molecule has 1 nitrogen and oxygen atoms in total. The summed E-state index contributed by atoms with van der Waals surface area (Å²) in [7, 11) is 0. The van der Waals surface area contributed by atoms with Crippen LogP contribution >= 0.6 is 0 Å². The molecule has 3 rings (SSSR count). The lowest BCUT2D eigenvalue weighted by Crippen LogP contribution is -2.19. The fraction of sp³-hybridized carbons (Fsp3) is 0.211. The molecule has 0 saturated heterocycles. The quantitative estimate of drug-likeness (QED) is 0.722. The summed E-state index contributed by atoms with van der Waals surface area (Å²) in [6, 6.07) is 20.3. The Morgan fingerprint density at radius 1 is 0.900 bits per heavy atom. The second-order valence-electron chi connectivity index (χ2n) is 5.30. The first-order valence-corrected chi connectivity index (χ1v) is 7.19. The summed E-state index contributed by atoms with van der Waals surface area (Å²) in [6.45, 7) is 0. The fourth-order valence-corrected chi connectivity index (χ4v) is 2.87. The summed E-state index contributed by atoms with van der Waals surface area (Å²) in [5, 5.41) is 0. The van der Waals surface area contributed by atoms with E-state index in [9.17, 15) is 4.79 Å². The third-order valence-corrected chi connectivity index (χ3v) is 3.91. The topological polar surface area (TPSA) is 17.1 Å². The standard InChI is InChI=1S/C19H18O/c20-19-17(14-15-8-3-1-4-9-15)12-7-13-18(19)16-10-5-2-6-11-16/h1-6,8-11,14,18H,7,12-13H2/b17-14+. The predicted molar refractivity (Wildman–Crippen MR) is 82.5 cm³/mol. The summed E-state index contributed by atoms with van der Waals surface area (Å²) in [5.74, 6) is 0.339. The maximum absolute atomic E-state index is 12.7. The molecule has 0 amide bonds. The van der Waals surface area contributed by atoms with Crippen LogP contribution in [0.15, 0.2) is 66.2 Å². The van der Waals surface area contributed by atoms with E-state index >= 15 is 0 Å². The van der Waals surface area contributed by atoms with Crippen molar-refractivity contribution in [2.75, 3.05) is 0 Å². The molecule has 0 spiro atoms. The van der Waals surface area contributed by atoms with E-state index in [0.29, 0.717) is 5.78 Å². The lowest BCUT2D eigenvalue weighted by Gasteiger charge is -2.23. The highest BCUT2D eigenvalue weighted by Crippen LogP contribution is 2.33. The van der Waals surface area contributed by atoms with Gasteiger partial charge in [0.25, 0.3) is 0 Å². The van der Waals surface area contributed by atoms with Gasteiger partial charge < -0.3 is 0 Å². The first-order valence-electron chi connectivity index (χ1n) is 7.19. The molecule has 20 heavy (non-hydrogen) atoms. The van der Waals surface area contributed by atoms with Gasteiger partial charge in [0, 0.05) is 5.92 Å². The molecule has 1 fully saturated rings. The largest absolute Gasteiger partial charge is 0.294 e. The molecule has 0 bridgehead atoms. The zero-order chi connectivity index (χ0) is 13.8. The van der Waals surface area contributed by atoms with Crippen LogP contribution in [-0.2, 0) is 4.79 Å². The van der Waals surface area contributed by atoms with Crippen molar-refractivity contribution in [3.05, 3.63) is 77.4 Å². The average molecular weight is 262 g/mol. The molecule has 1 unspecified atom stereocenters. The van der Waals surface area contributed by atoms with Crippen molar-refractivity contribution in [2.45, 2.75) is 25.2 Å². The van der Waals surface area contributed by atoms with E-state index < -0.39 is 0 Å². The molecular formula is C19H18O. The van der Waals surface area contributed by atoms with Crippen LogP contribution in [0, 0.1) is 0 Å². The van der Waals surface area contributed by atoms with Crippen LogP contribution in [0.2, 0.25) is 0 Å². The van der Waals surface area contributed by atoms with Crippen molar-refractivity contribution in [1.82, 2.24) is 0 Å². The molecule has 1 atom stereocenters. The van der Waals surface area contributed by atoms with Gasteiger partial charge in [-0.05, 0) is 42.0 Å². The molecule has 1 heteroatoms. The van der Waals surface area contributed by atoms with Crippen LogP contribution in [0.25, 0.3) is 6.08 Å². The van der Waals surface area contributed by atoms with Crippen LogP contribution in [0.5, 0.6) is 0 Å². The minimum atomic E-state index is 0.0416. The number of hydrogen-bond acceptors (Lipinski definition) is 1. The van der Waals surface area contributed by atoms with Crippen molar-refractivity contribution < 1.29 is 4.79 Å². The zero-order valence-electron chi connectivity index (χ0n) is 11.5. The molecule has 0 heterocycles. The summed E-state index contributed by atoms with van der Waals surface area (Å²) in [6.07, 6.45) is 5.01. The van der Waals surface area contributed by atoms with Crippen LogP contribution in [0.3, 0.4) is 0 Å². The number of Topliss-reactive ketones (excluding diaryl/α,β-unsaturated/α-hetero) is 1. The number of carbonyl (C=O) groups is 1. The van der Waals surface area contributed by atoms with Gasteiger partial charge in [0.1, 0.15) is 0 Å². The molecule has 1 aliphatic carbocycles. The average Bonchev–Trinajstić information content (AvgIpc) is 2.51. The first kappa shape index (κ1) is 12.9. The summed E-state index contributed by atoms with van der Waals surface area (Å²) in [5.41, 5.74) is 3.23. The molecule has 100 valence electrons. The molecule has 1 saturated carbocycles. The normalized spacial score (nSPS) is 21.1. The van der Waals surface area contributed by atoms with Crippen molar-refractivity contribution in [3.63, 3.8) is 0 Å². The van der Waals surface area contributed by atoms with E-state index in [0.717, 1.165) is 36.0 Å². The number of carbonyl (C=O) groups excluding carboxylic acids is 1. The maximum Gasteiger partial charge on any atom is 0.166 e. The highest BCUT2D eigenvalue weighted by molar-refractivity contribution is 6.04. The molecule has 2 aromatic carbocycles. The Kier molecular flexibility index (Phi) is 3.78. The van der Waals surface area contributed by atoms with E-state index in [1.807, 2.05) is 48.5 Å². The maximum atomic E-state index is 12.7. The third-order valence-electron chi connectivity index (χ3n) is 3.91. The molecule has 0 radical (unpaired) electrons. The van der Waals surface area contributed by atoms with Gasteiger partial charge in [-0.1, -0.05) is 60.7 Å². The van der Waals surface area contributed by atoms with E-state index in [4.69, 9.17) is 0 Å². The minimum absolute atomic E-state index is 0.0416.